The summed E-state index contributed by atoms with van der Waals surface area (Å²) in [6.45, 7) is -0.401. The van der Waals surface area contributed by atoms with Crippen molar-refractivity contribution in [3.05, 3.63) is 63.0 Å². The van der Waals surface area contributed by atoms with E-state index in [4.69, 9.17) is 9.15 Å². The second-order valence-electron chi connectivity index (χ2n) is 4.35. The summed E-state index contributed by atoms with van der Waals surface area (Å²) in [5, 5.41) is 14.6. The third-order valence-corrected chi connectivity index (χ3v) is 3.12. The fourth-order valence-electron chi connectivity index (χ4n) is 1.61. The van der Waals surface area contributed by atoms with Crippen LogP contribution in [0.15, 0.2) is 56.7 Å². The summed E-state index contributed by atoms with van der Waals surface area (Å²) < 4.78 is 10.8. The first kappa shape index (κ1) is 17.4. The number of carbonyl (C=O) groups is 1. The summed E-state index contributed by atoms with van der Waals surface area (Å²) >= 11 is 3.14. The van der Waals surface area contributed by atoms with Gasteiger partial charge >= 0.3 is 5.69 Å². The number of hydrogen-bond acceptors (Lipinski definition) is 6. The molecule has 0 unspecified atom stereocenters. The SMILES string of the molecule is O=C(COc1ccc(Br)cc1[N+](=O)[O-])N/N=C/C=C/c1ccco1. The van der Waals surface area contributed by atoms with E-state index in [1.807, 2.05) is 0 Å². The number of halogens is 1. The molecule has 1 aromatic carbocycles. The lowest BCUT2D eigenvalue weighted by atomic mass is 10.3. The van der Waals surface area contributed by atoms with Crippen LogP contribution in [0, 0.1) is 10.1 Å². The highest BCUT2D eigenvalue weighted by molar-refractivity contribution is 9.10. The Bertz CT molecular complexity index is 771. The Hall–Kier alpha value is -2.94. The zero-order valence-electron chi connectivity index (χ0n) is 12.2. The summed E-state index contributed by atoms with van der Waals surface area (Å²) in [6.07, 6.45) is 6.15. The molecule has 2 aromatic rings. The second-order valence-corrected chi connectivity index (χ2v) is 5.26. The van der Waals surface area contributed by atoms with E-state index in [1.165, 1.54) is 24.6 Å². The number of allylic oxidation sites excluding steroid dienone is 1. The van der Waals surface area contributed by atoms with Crippen LogP contribution < -0.4 is 10.2 Å². The minimum atomic E-state index is -0.588. The van der Waals surface area contributed by atoms with Crippen molar-refractivity contribution < 1.29 is 18.9 Å². The molecular formula is C15H12BrN3O5. The fourth-order valence-corrected chi connectivity index (χ4v) is 1.96. The molecule has 1 aromatic heterocycles. The van der Waals surface area contributed by atoms with E-state index in [-0.39, 0.29) is 11.4 Å². The molecule has 0 saturated heterocycles. The van der Waals surface area contributed by atoms with Crippen LogP contribution in [-0.4, -0.2) is 23.7 Å². The molecule has 2 rings (SSSR count). The Kier molecular flexibility index (Phi) is 6.26. The Balaban J connectivity index is 1.82. The van der Waals surface area contributed by atoms with E-state index in [1.54, 1.807) is 30.4 Å². The smallest absolute Gasteiger partial charge is 0.312 e. The van der Waals surface area contributed by atoms with Crippen molar-refractivity contribution in [1.29, 1.82) is 0 Å². The largest absolute Gasteiger partial charge is 0.477 e. The number of rotatable bonds is 7. The Labute approximate surface area is 145 Å². The molecule has 8 nitrogen and oxygen atoms in total. The fraction of sp³-hybridized carbons (Fsp3) is 0.0667. The third-order valence-electron chi connectivity index (χ3n) is 2.63. The molecule has 0 fully saturated rings. The Morgan fingerprint density at radius 1 is 1.46 bits per heavy atom. The van der Waals surface area contributed by atoms with Gasteiger partial charge in [0.25, 0.3) is 5.91 Å². The predicted octanol–water partition coefficient (Wildman–Crippen LogP) is 3.14. The lowest BCUT2D eigenvalue weighted by Gasteiger charge is -2.05. The van der Waals surface area contributed by atoms with Gasteiger partial charge in [-0.2, -0.15) is 5.10 Å². The number of nitro groups is 1. The van der Waals surface area contributed by atoms with Crippen molar-refractivity contribution in [3.63, 3.8) is 0 Å². The number of benzene rings is 1. The van der Waals surface area contributed by atoms with E-state index < -0.39 is 17.4 Å². The lowest BCUT2D eigenvalue weighted by molar-refractivity contribution is -0.385. The average Bonchev–Trinajstić information content (AvgIpc) is 3.06. The second kappa shape index (κ2) is 8.63. The molecule has 0 spiro atoms. The van der Waals surface area contributed by atoms with E-state index in [9.17, 15) is 14.9 Å². The van der Waals surface area contributed by atoms with Crippen LogP contribution >= 0.6 is 15.9 Å². The molecule has 0 radical (unpaired) electrons. The summed E-state index contributed by atoms with van der Waals surface area (Å²) in [6, 6.07) is 7.80. The van der Waals surface area contributed by atoms with Crippen LogP contribution in [0.2, 0.25) is 0 Å². The number of amides is 1. The van der Waals surface area contributed by atoms with E-state index in [0.29, 0.717) is 10.2 Å². The maximum absolute atomic E-state index is 11.6. The van der Waals surface area contributed by atoms with Crippen molar-refractivity contribution in [2.45, 2.75) is 0 Å². The molecule has 1 heterocycles. The van der Waals surface area contributed by atoms with E-state index in [2.05, 4.69) is 26.5 Å². The molecule has 0 aliphatic carbocycles. The molecule has 0 bridgehead atoms. The highest BCUT2D eigenvalue weighted by Gasteiger charge is 2.16. The number of carbonyl (C=O) groups excluding carboxylic acids is 1. The van der Waals surface area contributed by atoms with Crippen LogP contribution in [0.3, 0.4) is 0 Å². The minimum absolute atomic E-state index is 0.0000415. The number of hydrazone groups is 1. The van der Waals surface area contributed by atoms with Gasteiger partial charge in [-0.15, -0.1) is 0 Å². The maximum atomic E-state index is 11.6. The first-order valence-corrected chi connectivity index (χ1v) is 7.44. The van der Waals surface area contributed by atoms with E-state index >= 15 is 0 Å². The summed E-state index contributed by atoms with van der Waals surface area (Å²) in [5.74, 6) is 0.105. The lowest BCUT2D eigenvalue weighted by Crippen LogP contribution is -2.24. The molecule has 124 valence electrons. The number of furan rings is 1. The minimum Gasteiger partial charge on any atom is -0.477 e. The van der Waals surface area contributed by atoms with Gasteiger partial charge in [0.2, 0.25) is 0 Å². The number of hydrogen-bond donors (Lipinski definition) is 1. The molecular weight excluding hydrogens is 382 g/mol. The van der Waals surface area contributed by atoms with Gasteiger partial charge in [0, 0.05) is 16.8 Å². The van der Waals surface area contributed by atoms with Crippen LogP contribution in [0.25, 0.3) is 6.08 Å². The first-order valence-electron chi connectivity index (χ1n) is 6.65. The molecule has 9 heteroatoms. The quantitative estimate of drug-likeness (QED) is 0.441. The predicted molar refractivity (Wildman–Crippen MR) is 90.7 cm³/mol. The summed E-state index contributed by atoms with van der Waals surface area (Å²) in [7, 11) is 0. The van der Waals surface area contributed by atoms with Crippen molar-refractivity contribution in [1.82, 2.24) is 5.43 Å². The van der Waals surface area contributed by atoms with Gasteiger partial charge in [0.05, 0.1) is 11.2 Å². The van der Waals surface area contributed by atoms with Gasteiger partial charge in [-0.25, -0.2) is 5.43 Å². The molecule has 0 aliphatic rings. The zero-order valence-corrected chi connectivity index (χ0v) is 13.8. The first-order chi connectivity index (χ1) is 11.6. The van der Waals surface area contributed by atoms with Gasteiger partial charge in [-0.05, 0) is 36.4 Å². The monoisotopic (exact) mass is 393 g/mol. The van der Waals surface area contributed by atoms with Crippen LogP contribution in [0.4, 0.5) is 5.69 Å². The molecule has 0 aliphatic heterocycles. The Morgan fingerprint density at radius 2 is 2.29 bits per heavy atom. The maximum Gasteiger partial charge on any atom is 0.312 e. The standard InChI is InChI=1S/C15H12BrN3O5/c16-11-5-6-14(13(9-11)19(21)22)24-10-15(20)18-17-7-1-3-12-4-2-8-23-12/h1-9H,10H2,(H,18,20)/b3-1+,17-7+. The number of ether oxygens (including phenoxy) is 1. The number of nitro benzene ring substituents is 1. The highest BCUT2D eigenvalue weighted by atomic mass is 79.9. The van der Waals surface area contributed by atoms with Crippen molar-refractivity contribution >= 4 is 39.8 Å². The molecule has 24 heavy (non-hydrogen) atoms. The zero-order chi connectivity index (χ0) is 17.4. The van der Waals surface area contributed by atoms with Gasteiger partial charge in [0.1, 0.15) is 5.76 Å². The van der Waals surface area contributed by atoms with Gasteiger partial charge in [-0.3, -0.25) is 14.9 Å². The summed E-state index contributed by atoms with van der Waals surface area (Å²) in [4.78, 5) is 21.9. The Morgan fingerprint density at radius 3 is 3.00 bits per heavy atom. The molecule has 1 amide bonds. The highest BCUT2D eigenvalue weighted by Crippen LogP contribution is 2.29. The van der Waals surface area contributed by atoms with Gasteiger partial charge < -0.3 is 9.15 Å². The topological polar surface area (TPSA) is 107 Å². The van der Waals surface area contributed by atoms with E-state index in [0.717, 1.165) is 0 Å². The van der Waals surface area contributed by atoms with Crippen LogP contribution in [-0.2, 0) is 4.79 Å². The molecule has 0 saturated carbocycles. The van der Waals surface area contributed by atoms with Gasteiger partial charge in [0.15, 0.2) is 12.4 Å². The third kappa shape index (κ3) is 5.36. The van der Waals surface area contributed by atoms with Crippen molar-refractivity contribution in [2.24, 2.45) is 5.10 Å². The molecule has 1 N–H and O–H groups in total. The van der Waals surface area contributed by atoms with Gasteiger partial charge in [-0.1, -0.05) is 15.9 Å². The van der Waals surface area contributed by atoms with Crippen LogP contribution in [0.1, 0.15) is 5.76 Å². The van der Waals surface area contributed by atoms with Crippen molar-refractivity contribution in [2.75, 3.05) is 6.61 Å². The number of nitrogens with zero attached hydrogens (tertiary/aromatic N) is 2. The summed E-state index contributed by atoms with van der Waals surface area (Å²) in [5.41, 5.74) is 2.00. The van der Waals surface area contributed by atoms with Crippen LogP contribution in [0.5, 0.6) is 5.75 Å². The van der Waals surface area contributed by atoms with Crippen molar-refractivity contribution in [3.8, 4) is 5.75 Å². The number of nitrogens with one attached hydrogen (secondary N) is 1. The average molecular weight is 394 g/mol. The normalized spacial score (nSPS) is 11.0. The molecule has 0 atom stereocenters.